The molecular weight excluding hydrogens is 115 g/mol. The first-order valence-electron chi connectivity index (χ1n) is 3.47. The Kier molecular flexibility index (Phi) is 7.83. The Balaban J connectivity index is 2.53. The van der Waals surface area contributed by atoms with Crippen molar-refractivity contribution < 1.29 is 0 Å². The maximum atomic E-state index is 2.25. The molecule has 0 amide bonds. The van der Waals surface area contributed by atoms with E-state index in [4.69, 9.17) is 0 Å². The first-order valence-corrected chi connectivity index (χ1v) is 5.00. The van der Waals surface area contributed by atoms with E-state index in [1.54, 1.807) is 8.58 Å². The predicted octanol–water partition coefficient (Wildman–Crippen LogP) is 3.14. The van der Waals surface area contributed by atoms with Crippen LogP contribution >= 0.6 is 8.58 Å². The number of rotatable bonds is 5. The molecule has 0 aromatic rings. The van der Waals surface area contributed by atoms with Crippen LogP contribution in [0, 0.1) is 0 Å². The van der Waals surface area contributed by atoms with Gasteiger partial charge in [0.1, 0.15) is 0 Å². The second kappa shape index (κ2) is 7.43. The highest BCUT2D eigenvalue weighted by Gasteiger charge is 1.83. The fourth-order valence-electron chi connectivity index (χ4n) is 0.697. The maximum Gasteiger partial charge on any atom is -0.0290 e. The molecule has 8 heavy (non-hydrogen) atoms. The van der Waals surface area contributed by atoms with Crippen molar-refractivity contribution in [3.8, 4) is 0 Å². The zero-order valence-corrected chi connectivity index (χ0v) is 6.88. The second-order valence-electron chi connectivity index (χ2n) is 2.10. The normalized spacial score (nSPS) is 11.2. The third kappa shape index (κ3) is 6.43. The van der Waals surface area contributed by atoms with E-state index in [9.17, 15) is 0 Å². The van der Waals surface area contributed by atoms with Crippen molar-refractivity contribution in [3.63, 3.8) is 0 Å². The summed E-state index contributed by atoms with van der Waals surface area (Å²) in [6.07, 6.45) is 7.07. The SMILES string of the molecule is CCCCCC[P]C. The zero-order valence-electron chi connectivity index (χ0n) is 5.98. The quantitative estimate of drug-likeness (QED) is 0.397. The summed E-state index contributed by atoms with van der Waals surface area (Å²) < 4.78 is 0. The predicted molar refractivity (Wildman–Crippen MR) is 41.9 cm³/mol. The van der Waals surface area contributed by atoms with Crippen LogP contribution < -0.4 is 0 Å². The van der Waals surface area contributed by atoms with Crippen LogP contribution in [-0.2, 0) is 0 Å². The molecule has 0 aromatic heterocycles. The highest BCUT2D eigenvalue weighted by molar-refractivity contribution is 7.36. The van der Waals surface area contributed by atoms with Crippen LogP contribution in [0.4, 0.5) is 0 Å². The summed E-state index contributed by atoms with van der Waals surface area (Å²) in [5.74, 6) is 0. The molecule has 0 bridgehead atoms. The largest absolute Gasteiger partial charge is 0.0844 e. The van der Waals surface area contributed by atoms with Crippen LogP contribution in [0.25, 0.3) is 0 Å². The molecule has 0 atom stereocenters. The fourth-order valence-corrected chi connectivity index (χ4v) is 1.24. The van der Waals surface area contributed by atoms with Gasteiger partial charge in [-0.3, -0.25) is 0 Å². The molecule has 0 fully saturated rings. The highest BCUT2D eigenvalue weighted by atomic mass is 31.1. The lowest BCUT2D eigenvalue weighted by atomic mass is 10.2. The molecule has 0 spiro atoms. The van der Waals surface area contributed by atoms with E-state index in [1.165, 1.54) is 31.8 Å². The van der Waals surface area contributed by atoms with Crippen molar-refractivity contribution in [1.82, 2.24) is 0 Å². The molecule has 0 unspecified atom stereocenters. The maximum absolute atomic E-state index is 2.25. The lowest BCUT2D eigenvalue weighted by molar-refractivity contribution is 0.706. The van der Waals surface area contributed by atoms with Crippen LogP contribution in [0.1, 0.15) is 32.6 Å². The van der Waals surface area contributed by atoms with Crippen molar-refractivity contribution >= 4 is 8.58 Å². The minimum atomic E-state index is 1.36. The third-order valence-electron chi connectivity index (χ3n) is 1.24. The van der Waals surface area contributed by atoms with E-state index >= 15 is 0 Å². The summed E-state index contributed by atoms with van der Waals surface area (Å²) in [5.41, 5.74) is 0. The van der Waals surface area contributed by atoms with Gasteiger partial charge in [-0.05, 0) is 19.2 Å². The lowest BCUT2D eigenvalue weighted by Gasteiger charge is -1.93. The fraction of sp³-hybridized carbons (Fsp3) is 1.00. The molecule has 0 nitrogen and oxygen atoms in total. The van der Waals surface area contributed by atoms with Crippen molar-refractivity contribution in [2.45, 2.75) is 32.6 Å². The van der Waals surface area contributed by atoms with Gasteiger partial charge in [-0.1, -0.05) is 34.8 Å². The second-order valence-corrected chi connectivity index (χ2v) is 3.18. The first kappa shape index (κ1) is 8.43. The Hall–Kier alpha value is 0.430. The number of hydrogen-bond acceptors (Lipinski definition) is 0. The molecule has 0 aliphatic rings. The van der Waals surface area contributed by atoms with E-state index in [0.29, 0.717) is 0 Å². The minimum absolute atomic E-state index is 1.36. The van der Waals surface area contributed by atoms with E-state index in [1.807, 2.05) is 0 Å². The van der Waals surface area contributed by atoms with Gasteiger partial charge in [-0.15, -0.1) is 0 Å². The Morgan fingerprint density at radius 1 is 1.12 bits per heavy atom. The van der Waals surface area contributed by atoms with Gasteiger partial charge in [0.2, 0.25) is 0 Å². The third-order valence-corrected chi connectivity index (χ3v) is 2.00. The van der Waals surface area contributed by atoms with Crippen molar-refractivity contribution in [2.75, 3.05) is 12.8 Å². The molecule has 1 radical (unpaired) electrons. The Morgan fingerprint density at radius 3 is 2.38 bits per heavy atom. The zero-order chi connectivity index (χ0) is 6.24. The van der Waals surface area contributed by atoms with Crippen LogP contribution in [0.3, 0.4) is 0 Å². The summed E-state index contributed by atoms with van der Waals surface area (Å²) >= 11 is 0. The van der Waals surface area contributed by atoms with Gasteiger partial charge in [-0.25, -0.2) is 0 Å². The molecule has 49 valence electrons. The average Bonchev–Trinajstić information content (AvgIpc) is 1.81. The van der Waals surface area contributed by atoms with E-state index in [2.05, 4.69) is 13.6 Å². The molecule has 0 saturated carbocycles. The summed E-state index contributed by atoms with van der Waals surface area (Å²) in [6.45, 7) is 4.48. The summed E-state index contributed by atoms with van der Waals surface area (Å²) in [6, 6.07) is 0. The Labute approximate surface area is 54.8 Å². The van der Waals surface area contributed by atoms with Gasteiger partial charge in [0, 0.05) is 0 Å². The van der Waals surface area contributed by atoms with Crippen molar-refractivity contribution in [1.29, 1.82) is 0 Å². The minimum Gasteiger partial charge on any atom is -0.0844 e. The van der Waals surface area contributed by atoms with Gasteiger partial charge in [-0.2, -0.15) is 0 Å². The molecule has 0 aromatic carbocycles. The highest BCUT2D eigenvalue weighted by Crippen LogP contribution is 2.08. The van der Waals surface area contributed by atoms with Crippen LogP contribution in [0.5, 0.6) is 0 Å². The molecule has 1 heteroatoms. The molecule has 0 N–H and O–H groups in total. The molecule has 0 saturated heterocycles. The Bertz CT molecular complexity index is 29.4. The summed E-state index contributed by atoms with van der Waals surface area (Å²) in [5, 5.41) is 0. The topological polar surface area (TPSA) is 0 Å². The molecule has 0 rings (SSSR count). The lowest BCUT2D eigenvalue weighted by Crippen LogP contribution is -1.76. The van der Waals surface area contributed by atoms with E-state index in [-0.39, 0.29) is 0 Å². The van der Waals surface area contributed by atoms with Crippen LogP contribution in [-0.4, -0.2) is 12.8 Å². The molecule has 0 aliphatic carbocycles. The van der Waals surface area contributed by atoms with E-state index in [0.717, 1.165) is 0 Å². The van der Waals surface area contributed by atoms with Gasteiger partial charge in [0.05, 0.1) is 0 Å². The first-order chi connectivity index (χ1) is 3.91. The van der Waals surface area contributed by atoms with Gasteiger partial charge >= 0.3 is 0 Å². The van der Waals surface area contributed by atoms with Crippen molar-refractivity contribution in [2.24, 2.45) is 0 Å². The monoisotopic (exact) mass is 131 g/mol. The number of hydrogen-bond donors (Lipinski definition) is 0. The smallest absolute Gasteiger partial charge is 0.0290 e. The Morgan fingerprint density at radius 2 is 1.88 bits per heavy atom. The van der Waals surface area contributed by atoms with E-state index < -0.39 is 0 Å². The molecular formula is C7H16P. The van der Waals surface area contributed by atoms with Crippen LogP contribution in [0.2, 0.25) is 0 Å². The molecule has 0 aliphatic heterocycles. The summed E-state index contributed by atoms with van der Waals surface area (Å²) in [4.78, 5) is 0. The summed E-state index contributed by atoms with van der Waals surface area (Å²) in [7, 11) is 1.56. The number of unbranched alkanes of at least 4 members (excludes halogenated alkanes) is 3. The van der Waals surface area contributed by atoms with Gasteiger partial charge in [0.15, 0.2) is 0 Å². The standard InChI is InChI=1S/C7H16P/c1-3-4-5-6-7-8-2/h3-7H2,1-2H3. The average molecular weight is 131 g/mol. The van der Waals surface area contributed by atoms with Gasteiger partial charge < -0.3 is 0 Å². The van der Waals surface area contributed by atoms with Crippen LogP contribution in [0.15, 0.2) is 0 Å². The van der Waals surface area contributed by atoms with Crippen molar-refractivity contribution in [3.05, 3.63) is 0 Å². The van der Waals surface area contributed by atoms with Gasteiger partial charge in [0.25, 0.3) is 0 Å². The molecule has 0 heterocycles.